The molecule has 2 fully saturated rings. The van der Waals surface area contributed by atoms with Gasteiger partial charge in [0.2, 0.25) is 5.91 Å². The number of hydrogen-bond donors (Lipinski definition) is 0. The van der Waals surface area contributed by atoms with E-state index in [0.29, 0.717) is 5.91 Å². The van der Waals surface area contributed by atoms with Crippen molar-refractivity contribution in [2.45, 2.75) is 39.2 Å². The van der Waals surface area contributed by atoms with Crippen molar-refractivity contribution in [3.05, 3.63) is 12.2 Å². The van der Waals surface area contributed by atoms with Crippen molar-refractivity contribution < 1.29 is 4.79 Å². The quantitative estimate of drug-likeness (QED) is 0.828. The molecule has 3 heterocycles. The number of likely N-dealkylation sites (tertiary alicyclic amines) is 2. The summed E-state index contributed by atoms with van der Waals surface area (Å²) in [5.41, 5.74) is 0. The third-order valence-electron chi connectivity index (χ3n) is 4.74. The number of aromatic nitrogens is 3. The first-order valence-corrected chi connectivity index (χ1v) is 8.09. The van der Waals surface area contributed by atoms with Crippen LogP contribution in [0.3, 0.4) is 0 Å². The Kier molecular flexibility index (Phi) is 4.53. The van der Waals surface area contributed by atoms with E-state index in [0.717, 1.165) is 57.9 Å². The predicted octanol–water partition coefficient (Wildman–Crippen LogP) is 0.921. The Labute approximate surface area is 126 Å². The lowest BCUT2D eigenvalue weighted by atomic mass is 9.96. The fourth-order valence-electron chi connectivity index (χ4n) is 3.44. The van der Waals surface area contributed by atoms with Gasteiger partial charge in [0.05, 0.1) is 5.92 Å². The average Bonchev–Trinajstić information content (AvgIpc) is 3.16. The van der Waals surface area contributed by atoms with Crippen LogP contribution in [0.4, 0.5) is 0 Å². The largest absolute Gasteiger partial charge is 0.342 e. The number of nitrogens with zero attached hydrogens (tertiary/aromatic N) is 5. The van der Waals surface area contributed by atoms with Crippen LogP contribution in [0.25, 0.3) is 0 Å². The van der Waals surface area contributed by atoms with Crippen molar-refractivity contribution in [3.8, 4) is 0 Å². The lowest BCUT2D eigenvalue weighted by Gasteiger charge is -2.33. The summed E-state index contributed by atoms with van der Waals surface area (Å²) in [6.07, 6.45) is 6.32. The smallest absolute Gasteiger partial charge is 0.226 e. The first-order chi connectivity index (χ1) is 10.2. The van der Waals surface area contributed by atoms with E-state index in [1.54, 1.807) is 6.33 Å². The van der Waals surface area contributed by atoms with Gasteiger partial charge in [-0.2, -0.15) is 0 Å². The van der Waals surface area contributed by atoms with Crippen molar-refractivity contribution in [3.63, 3.8) is 0 Å². The van der Waals surface area contributed by atoms with E-state index >= 15 is 0 Å². The molecule has 1 atom stereocenters. The van der Waals surface area contributed by atoms with Gasteiger partial charge in [-0.1, -0.05) is 0 Å². The molecule has 3 rings (SSSR count). The van der Waals surface area contributed by atoms with Crippen LogP contribution in [0.2, 0.25) is 0 Å². The molecule has 0 saturated carbocycles. The molecule has 21 heavy (non-hydrogen) atoms. The summed E-state index contributed by atoms with van der Waals surface area (Å²) in [5, 5.41) is 7.92. The van der Waals surface area contributed by atoms with Gasteiger partial charge in [0.25, 0.3) is 0 Å². The standard InChI is InChI=1S/C15H25N5O/c1-13-17-16-12-20(13)10-9-18-6-4-5-14(11-18)15(21)19-7-2-3-8-19/h12,14H,2-11H2,1H3/t14-/m1/s1. The predicted molar refractivity (Wildman–Crippen MR) is 79.7 cm³/mol. The summed E-state index contributed by atoms with van der Waals surface area (Å²) in [4.78, 5) is 17.0. The number of carbonyl (C=O) groups is 1. The van der Waals surface area contributed by atoms with Gasteiger partial charge < -0.3 is 14.4 Å². The normalized spacial score (nSPS) is 23.7. The van der Waals surface area contributed by atoms with E-state index in [4.69, 9.17) is 0 Å². The van der Waals surface area contributed by atoms with Crippen LogP contribution in [0.15, 0.2) is 6.33 Å². The topological polar surface area (TPSA) is 54.3 Å². The van der Waals surface area contributed by atoms with Gasteiger partial charge >= 0.3 is 0 Å². The Bertz CT molecular complexity index is 480. The summed E-state index contributed by atoms with van der Waals surface area (Å²) in [6.45, 7) is 7.81. The van der Waals surface area contributed by atoms with E-state index in [9.17, 15) is 4.79 Å². The van der Waals surface area contributed by atoms with Crippen LogP contribution in [-0.4, -0.2) is 63.2 Å². The average molecular weight is 291 g/mol. The Morgan fingerprint density at radius 3 is 2.76 bits per heavy atom. The highest BCUT2D eigenvalue weighted by Gasteiger charge is 2.30. The Balaban J connectivity index is 1.51. The molecule has 116 valence electrons. The molecule has 0 unspecified atom stereocenters. The summed E-state index contributed by atoms with van der Waals surface area (Å²) in [6, 6.07) is 0. The van der Waals surface area contributed by atoms with E-state index < -0.39 is 0 Å². The van der Waals surface area contributed by atoms with Gasteiger partial charge in [0.15, 0.2) is 0 Å². The molecule has 0 aromatic carbocycles. The molecule has 0 aliphatic carbocycles. The van der Waals surface area contributed by atoms with Crippen LogP contribution in [-0.2, 0) is 11.3 Å². The third-order valence-corrected chi connectivity index (χ3v) is 4.74. The van der Waals surface area contributed by atoms with E-state index in [1.807, 2.05) is 6.92 Å². The van der Waals surface area contributed by atoms with Crippen molar-refractivity contribution in [2.24, 2.45) is 5.92 Å². The molecule has 0 radical (unpaired) electrons. The van der Waals surface area contributed by atoms with Gasteiger partial charge in [-0.25, -0.2) is 0 Å². The monoisotopic (exact) mass is 291 g/mol. The molecular formula is C15H25N5O. The van der Waals surface area contributed by atoms with Crippen molar-refractivity contribution in [1.29, 1.82) is 0 Å². The number of amides is 1. The maximum Gasteiger partial charge on any atom is 0.226 e. The minimum atomic E-state index is 0.207. The fourth-order valence-corrected chi connectivity index (χ4v) is 3.44. The van der Waals surface area contributed by atoms with Crippen LogP contribution < -0.4 is 0 Å². The van der Waals surface area contributed by atoms with Crippen molar-refractivity contribution in [1.82, 2.24) is 24.6 Å². The van der Waals surface area contributed by atoms with Crippen LogP contribution in [0, 0.1) is 12.8 Å². The fraction of sp³-hybridized carbons (Fsp3) is 0.800. The van der Waals surface area contributed by atoms with Crippen molar-refractivity contribution in [2.75, 3.05) is 32.7 Å². The van der Waals surface area contributed by atoms with Gasteiger partial charge in [-0.15, -0.1) is 10.2 Å². The minimum Gasteiger partial charge on any atom is -0.342 e. The highest BCUT2D eigenvalue weighted by molar-refractivity contribution is 5.79. The number of rotatable bonds is 4. The van der Waals surface area contributed by atoms with Crippen LogP contribution in [0.5, 0.6) is 0 Å². The Morgan fingerprint density at radius 2 is 2.05 bits per heavy atom. The molecule has 2 aliphatic rings. The number of hydrogen-bond acceptors (Lipinski definition) is 4. The molecule has 6 nitrogen and oxygen atoms in total. The maximum absolute atomic E-state index is 12.5. The molecule has 0 N–H and O–H groups in total. The molecular weight excluding hydrogens is 266 g/mol. The second-order valence-corrected chi connectivity index (χ2v) is 6.24. The van der Waals surface area contributed by atoms with E-state index in [2.05, 4.69) is 24.6 Å². The second kappa shape index (κ2) is 6.56. The van der Waals surface area contributed by atoms with E-state index in [-0.39, 0.29) is 5.92 Å². The molecule has 1 aromatic heterocycles. The lowest BCUT2D eigenvalue weighted by Crippen LogP contribution is -2.44. The molecule has 0 bridgehead atoms. The molecule has 1 aromatic rings. The molecule has 2 aliphatic heterocycles. The van der Waals surface area contributed by atoms with Gasteiger partial charge in [-0.05, 0) is 39.2 Å². The zero-order valence-electron chi connectivity index (χ0n) is 12.9. The molecule has 2 saturated heterocycles. The van der Waals surface area contributed by atoms with Crippen LogP contribution in [0.1, 0.15) is 31.5 Å². The Morgan fingerprint density at radius 1 is 1.24 bits per heavy atom. The van der Waals surface area contributed by atoms with Crippen molar-refractivity contribution >= 4 is 5.91 Å². The highest BCUT2D eigenvalue weighted by Crippen LogP contribution is 2.21. The SMILES string of the molecule is Cc1nncn1CCN1CCC[C@@H](C(=O)N2CCCC2)C1. The maximum atomic E-state index is 12.5. The number of aryl methyl sites for hydroxylation is 1. The molecule has 0 spiro atoms. The summed E-state index contributed by atoms with van der Waals surface area (Å²) in [7, 11) is 0. The number of piperidine rings is 1. The van der Waals surface area contributed by atoms with Gasteiger partial charge in [0, 0.05) is 32.7 Å². The summed E-state index contributed by atoms with van der Waals surface area (Å²) < 4.78 is 2.08. The van der Waals surface area contributed by atoms with Gasteiger partial charge in [0.1, 0.15) is 12.2 Å². The Hall–Kier alpha value is -1.43. The number of carbonyl (C=O) groups excluding carboxylic acids is 1. The second-order valence-electron chi connectivity index (χ2n) is 6.24. The highest BCUT2D eigenvalue weighted by atomic mass is 16.2. The van der Waals surface area contributed by atoms with E-state index in [1.165, 1.54) is 12.8 Å². The summed E-state index contributed by atoms with van der Waals surface area (Å²) in [5.74, 6) is 1.55. The van der Waals surface area contributed by atoms with Crippen LogP contribution >= 0.6 is 0 Å². The lowest BCUT2D eigenvalue weighted by molar-refractivity contribution is -0.136. The zero-order valence-corrected chi connectivity index (χ0v) is 12.9. The van der Waals surface area contributed by atoms with Gasteiger partial charge in [-0.3, -0.25) is 4.79 Å². The molecule has 1 amide bonds. The summed E-state index contributed by atoms with van der Waals surface area (Å²) >= 11 is 0. The first-order valence-electron chi connectivity index (χ1n) is 8.09. The zero-order chi connectivity index (χ0) is 14.7. The first kappa shape index (κ1) is 14.5. The molecule has 6 heteroatoms. The minimum absolute atomic E-state index is 0.207. The third kappa shape index (κ3) is 3.43.